The summed E-state index contributed by atoms with van der Waals surface area (Å²) < 4.78 is 6.67. The number of carbonyl (C=O) groups is 2. The number of aromatic hydroxyl groups is 1. The maximum absolute atomic E-state index is 13.5. The number of ether oxygens (including phenoxy) is 1. The predicted octanol–water partition coefficient (Wildman–Crippen LogP) is 5.57. The molecule has 0 saturated carbocycles. The van der Waals surface area contributed by atoms with E-state index in [2.05, 4.69) is 0 Å². The summed E-state index contributed by atoms with van der Waals surface area (Å²) in [5.41, 5.74) is 4.85. The highest BCUT2D eigenvalue weighted by Crippen LogP contribution is 2.45. The molecular weight excluding hydrogens is 488 g/mol. The van der Waals surface area contributed by atoms with Crippen molar-refractivity contribution in [3.8, 4) is 11.5 Å². The number of phenolic OH excluding ortho intramolecular Hbond substituents is 1. The van der Waals surface area contributed by atoms with Gasteiger partial charge in [-0.2, -0.15) is 0 Å². The Morgan fingerprint density at radius 3 is 2.54 bits per heavy atom. The number of hydrogen-bond donors (Lipinski definition) is 2. The second-order valence-electron chi connectivity index (χ2n) is 9.62. The van der Waals surface area contributed by atoms with Gasteiger partial charge in [-0.25, -0.2) is 4.98 Å². The first-order chi connectivity index (χ1) is 17.7. The molecule has 1 fully saturated rings. The van der Waals surface area contributed by atoms with Gasteiger partial charge >= 0.3 is 5.91 Å². The van der Waals surface area contributed by atoms with Crippen molar-refractivity contribution in [2.45, 2.75) is 39.3 Å². The molecule has 1 saturated heterocycles. The van der Waals surface area contributed by atoms with Gasteiger partial charge in [0.15, 0.2) is 5.13 Å². The fraction of sp³-hybridized carbons (Fsp3) is 0.207. The lowest BCUT2D eigenvalue weighted by Gasteiger charge is -2.23. The molecule has 0 radical (unpaired) electrons. The molecule has 0 bridgehead atoms. The summed E-state index contributed by atoms with van der Waals surface area (Å²) >= 11 is 1.32. The molecule has 1 amide bonds. The van der Waals surface area contributed by atoms with Gasteiger partial charge in [-0.05, 0) is 85.5 Å². The third kappa shape index (κ3) is 3.76. The number of thiazole rings is 1. The average molecular weight is 513 g/mol. The molecule has 0 spiro atoms. The summed E-state index contributed by atoms with van der Waals surface area (Å²) in [6, 6.07) is 14.6. The Bertz CT molecular complexity index is 1600. The van der Waals surface area contributed by atoms with E-state index in [0.29, 0.717) is 22.7 Å². The van der Waals surface area contributed by atoms with Crippen LogP contribution in [0.2, 0.25) is 0 Å². The number of nitrogens with zero attached hydrogens (tertiary/aromatic N) is 2. The fourth-order valence-corrected chi connectivity index (χ4v) is 6.07. The van der Waals surface area contributed by atoms with Gasteiger partial charge < -0.3 is 14.9 Å². The summed E-state index contributed by atoms with van der Waals surface area (Å²) in [4.78, 5) is 33.0. The number of fused-ring (bicyclic) bond motifs is 2. The fourth-order valence-electron chi connectivity index (χ4n) is 5.00. The Labute approximate surface area is 217 Å². The number of ketones is 1. The van der Waals surface area contributed by atoms with E-state index in [1.54, 1.807) is 30.3 Å². The second kappa shape index (κ2) is 8.45. The number of carbonyl (C=O) groups excluding carboxylic acids is 2. The van der Waals surface area contributed by atoms with Crippen molar-refractivity contribution in [3.05, 3.63) is 88.0 Å². The predicted molar refractivity (Wildman–Crippen MR) is 142 cm³/mol. The van der Waals surface area contributed by atoms with Gasteiger partial charge in [0.05, 0.1) is 21.8 Å². The highest BCUT2D eigenvalue weighted by atomic mass is 32.1. The van der Waals surface area contributed by atoms with E-state index in [0.717, 1.165) is 32.7 Å². The summed E-state index contributed by atoms with van der Waals surface area (Å²) in [5, 5.41) is 21.7. The number of phenols is 1. The number of hydrogen-bond acceptors (Lipinski definition) is 7. The molecule has 2 aliphatic heterocycles. The molecule has 0 aliphatic carbocycles. The lowest BCUT2D eigenvalue weighted by Crippen LogP contribution is -2.29. The van der Waals surface area contributed by atoms with Crippen LogP contribution in [0.3, 0.4) is 0 Å². The molecule has 2 aliphatic rings. The molecule has 7 nitrogen and oxygen atoms in total. The van der Waals surface area contributed by atoms with Crippen LogP contribution in [-0.4, -0.2) is 33.0 Å². The van der Waals surface area contributed by atoms with Crippen LogP contribution in [-0.2, 0) is 16.0 Å². The molecule has 2 N–H and O–H groups in total. The SMILES string of the molecule is Cc1cc2nc(N3C(=O)C(=O)/C(=C(/O)c4ccc5c(c4)CC(C)O5)C3c3ccc(O)cc3)sc2cc1C. The Morgan fingerprint density at radius 2 is 1.78 bits per heavy atom. The number of aliphatic hydroxyl groups is 1. The number of rotatable bonds is 3. The highest BCUT2D eigenvalue weighted by molar-refractivity contribution is 7.22. The number of anilines is 1. The Balaban J connectivity index is 1.53. The topological polar surface area (TPSA) is 100.0 Å². The van der Waals surface area contributed by atoms with Crippen LogP contribution >= 0.6 is 11.3 Å². The van der Waals surface area contributed by atoms with E-state index >= 15 is 0 Å². The van der Waals surface area contributed by atoms with Crippen LogP contribution in [0.25, 0.3) is 16.0 Å². The zero-order valence-corrected chi connectivity index (χ0v) is 21.3. The van der Waals surface area contributed by atoms with Crippen LogP contribution in [0.15, 0.2) is 60.2 Å². The third-order valence-electron chi connectivity index (χ3n) is 7.02. The average Bonchev–Trinajstić information content (AvgIpc) is 3.52. The molecule has 3 heterocycles. The van der Waals surface area contributed by atoms with Crippen molar-refractivity contribution < 1.29 is 24.5 Å². The largest absolute Gasteiger partial charge is 0.508 e. The van der Waals surface area contributed by atoms with Gasteiger partial charge in [0.25, 0.3) is 5.78 Å². The minimum atomic E-state index is -0.910. The molecule has 1 aromatic heterocycles. The standard InChI is InChI=1S/C29H24N2O5S/c1-14-10-21-23(11-15(14)2)37-29(30-21)31-25(17-4-7-20(32)8-5-17)24(27(34)28(31)35)26(33)18-6-9-22-19(13-18)12-16(3)36-22/h4-11,13,16,25,32-33H,12H2,1-3H3/b26-24+. The molecule has 186 valence electrons. The van der Waals surface area contributed by atoms with Gasteiger partial charge in [0.1, 0.15) is 23.4 Å². The van der Waals surface area contributed by atoms with Crippen LogP contribution in [0.4, 0.5) is 5.13 Å². The Kier molecular flexibility index (Phi) is 5.31. The van der Waals surface area contributed by atoms with E-state index in [1.165, 1.54) is 28.4 Å². The zero-order valence-electron chi connectivity index (χ0n) is 20.5. The molecule has 8 heteroatoms. The summed E-state index contributed by atoms with van der Waals surface area (Å²) in [5.74, 6) is -0.995. The van der Waals surface area contributed by atoms with Crippen molar-refractivity contribution in [3.63, 3.8) is 0 Å². The molecular formula is C29H24N2O5S. The van der Waals surface area contributed by atoms with Crippen LogP contribution in [0.5, 0.6) is 11.5 Å². The number of aromatic nitrogens is 1. The molecule has 4 aromatic rings. The van der Waals surface area contributed by atoms with Crippen molar-refractivity contribution >= 4 is 44.1 Å². The minimum absolute atomic E-state index is 0.0192. The van der Waals surface area contributed by atoms with Gasteiger partial charge in [0.2, 0.25) is 0 Å². The third-order valence-corrected chi connectivity index (χ3v) is 8.04. The van der Waals surface area contributed by atoms with E-state index in [9.17, 15) is 19.8 Å². The van der Waals surface area contributed by atoms with Crippen molar-refractivity contribution in [2.24, 2.45) is 0 Å². The van der Waals surface area contributed by atoms with E-state index in [4.69, 9.17) is 9.72 Å². The number of amides is 1. The lowest BCUT2D eigenvalue weighted by molar-refractivity contribution is -0.132. The number of aliphatic hydroxyl groups excluding tert-OH is 1. The molecule has 6 rings (SSSR count). The van der Waals surface area contributed by atoms with E-state index in [-0.39, 0.29) is 23.2 Å². The summed E-state index contributed by atoms with van der Waals surface area (Å²) in [6.45, 7) is 5.98. The first-order valence-electron chi connectivity index (χ1n) is 12.0. The minimum Gasteiger partial charge on any atom is -0.508 e. The van der Waals surface area contributed by atoms with Gasteiger partial charge in [-0.3, -0.25) is 14.5 Å². The maximum Gasteiger partial charge on any atom is 0.301 e. The summed E-state index contributed by atoms with van der Waals surface area (Å²) in [7, 11) is 0. The quantitative estimate of drug-likeness (QED) is 0.212. The number of aryl methyl sites for hydroxylation is 2. The van der Waals surface area contributed by atoms with Crippen molar-refractivity contribution in [1.29, 1.82) is 0 Å². The first kappa shape index (κ1) is 23.2. The molecule has 2 atom stereocenters. The zero-order chi connectivity index (χ0) is 26.0. The van der Waals surface area contributed by atoms with Crippen LogP contribution in [0, 0.1) is 13.8 Å². The Morgan fingerprint density at radius 1 is 1.05 bits per heavy atom. The molecule has 2 unspecified atom stereocenters. The van der Waals surface area contributed by atoms with E-state index < -0.39 is 17.7 Å². The normalized spacial score (nSPS) is 20.5. The number of benzene rings is 3. The highest BCUT2D eigenvalue weighted by Gasteiger charge is 2.48. The first-order valence-corrected chi connectivity index (χ1v) is 12.8. The smallest absolute Gasteiger partial charge is 0.301 e. The molecule has 37 heavy (non-hydrogen) atoms. The van der Waals surface area contributed by atoms with Gasteiger partial charge in [-0.1, -0.05) is 23.5 Å². The van der Waals surface area contributed by atoms with Crippen molar-refractivity contribution in [1.82, 2.24) is 4.98 Å². The second-order valence-corrected chi connectivity index (χ2v) is 10.6. The van der Waals surface area contributed by atoms with Gasteiger partial charge in [0, 0.05) is 12.0 Å². The summed E-state index contributed by atoms with van der Waals surface area (Å²) in [6.07, 6.45) is 0.720. The van der Waals surface area contributed by atoms with Crippen LogP contribution < -0.4 is 9.64 Å². The van der Waals surface area contributed by atoms with Crippen LogP contribution in [0.1, 0.15) is 40.8 Å². The maximum atomic E-state index is 13.5. The van der Waals surface area contributed by atoms with E-state index in [1.807, 2.05) is 32.9 Å². The van der Waals surface area contributed by atoms with Gasteiger partial charge in [-0.15, -0.1) is 0 Å². The Hall–Kier alpha value is -4.17. The molecule has 3 aromatic carbocycles. The van der Waals surface area contributed by atoms with Crippen molar-refractivity contribution in [2.75, 3.05) is 4.90 Å². The monoisotopic (exact) mass is 512 g/mol. The number of Topliss-reactive ketones (excluding diaryl/α,β-unsaturated/α-hetero) is 1. The lowest BCUT2D eigenvalue weighted by atomic mass is 9.94.